The van der Waals surface area contributed by atoms with Crippen molar-refractivity contribution in [2.75, 3.05) is 13.7 Å². The van der Waals surface area contributed by atoms with Crippen LogP contribution in [0, 0.1) is 13.0 Å². The highest BCUT2D eigenvalue weighted by molar-refractivity contribution is 5.62. The SMILES string of the molecule is COCCc1nnc(-c2c[c]c(C)cc2C2CCC2)[nH]1. The van der Waals surface area contributed by atoms with Crippen LogP contribution in [0.4, 0.5) is 0 Å². The molecule has 1 heterocycles. The molecule has 0 atom stereocenters. The summed E-state index contributed by atoms with van der Waals surface area (Å²) in [5.74, 6) is 2.40. The Kier molecular flexibility index (Phi) is 3.83. The van der Waals surface area contributed by atoms with Gasteiger partial charge in [-0.15, -0.1) is 10.2 Å². The minimum Gasteiger partial charge on any atom is -0.384 e. The number of nitrogens with zero attached hydrogens (tertiary/aromatic N) is 2. The number of benzene rings is 1. The van der Waals surface area contributed by atoms with E-state index >= 15 is 0 Å². The Hall–Kier alpha value is -1.68. The summed E-state index contributed by atoms with van der Waals surface area (Å²) in [7, 11) is 1.70. The minimum absolute atomic E-state index is 0.657. The van der Waals surface area contributed by atoms with E-state index in [1.807, 2.05) is 6.07 Å². The van der Waals surface area contributed by atoms with Gasteiger partial charge >= 0.3 is 0 Å². The average Bonchev–Trinajstić information content (AvgIpc) is 2.83. The first-order chi connectivity index (χ1) is 9.78. The van der Waals surface area contributed by atoms with E-state index in [4.69, 9.17) is 4.74 Å². The van der Waals surface area contributed by atoms with Crippen LogP contribution >= 0.6 is 0 Å². The van der Waals surface area contributed by atoms with Crippen LogP contribution in [0.25, 0.3) is 11.4 Å². The first-order valence-electron chi connectivity index (χ1n) is 7.21. The van der Waals surface area contributed by atoms with Crippen LogP contribution in [0.1, 0.15) is 42.1 Å². The van der Waals surface area contributed by atoms with Crippen molar-refractivity contribution in [2.45, 2.75) is 38.5 Å². The fraction of sp³-hybridized carbons (Fsp3) is 0.500. The molecule has 0 amide bonds. The molecule has 4 heteroatoms. The van der Waals surface area contributed by atoms with Crippen molar-refractivity contribution >= 4 is 0 Å². The number of aromatic amines is 1. The monoisotopic (exact) mass is 270 g/mol. The first kappa shape index (κ1) is 13.3. The Bertz CT molecular complexity index is 587. The lowest BCUT2D eigenvalue weighted by atomic mass is 9.77. The Morgan fingerprint density at radius 1 is 1.40 bits per heavy atom. The molecule has 1 aliphatic carbocycles. The normalized spacial score (nSPS) is 15.3. The maximum Gasteiger partial charge on any atom is 0.161 e. The molecule has 1 radical (unpaired) electrons. The molecule has 2 aromatic rings. The average molecular weight is 270 g/mol. The number of hydrogen-bond donors (Lipinski definition) is 1. The summed E-state index contributed by atoms with van der Waals surface area (Å²) in [6.07, 6.45) is 4.65. The van der Waals surface area contributed by atoms with Crippen LogP contribution in [0.3, 0.4) is 0 Å². The van der Waals surface area contributed by atoms with Gasteiger partial charge in [0, 0.05) is 19.1 Å². The first-order valence-corrected chi connectivity index (χ1v) is 7.21. The van der Waals surface area contributed by atoms with Gasteiger partial charge in [0.2, 0.25) is 0 Å². The number of aryl methyl sites for hydroxylation is 1. The van der Waals surface area contributed by atoms with Crippen LogP contribution in [-0.4, -0.2) is 28.9 Å². The molecule has 0 unspecified atom stereocenters. The molecule has 0 aliphatic heterocycles. The second-order valence-electron chi connectivity index (χ2n) is 5.48. The third-order valence-electron chi connectivity index (χ3n) is 4.00. The van der Waals surface area contributed by atoms with Gasteiger partial charge in [0.15, 0.2) is 5.82 Å². The van der Waals surface area contributed by atoms with Crippen molar-refractivity contribution in [1.82, 2.24) is 15.2 Å². The molecular weight excluding hydrogens is 250 g/mol. The third kappa shape index (κ3) is 2.61. The van der Waals surface area contributed by atoms with E-state index in [0.29, 0.717) is 12.5 Å². The summed E-state index contributed by atoms with van der Waals surface area (Å²) in [4.78, 5) is 3.30. The number of hydrogen-bond acceptors (Lipinski definition) is 3. The summed E-state index contributed by atoms with van der Waals surface area (Å²) in [6, 6.07) is 7.57. The second-order valence-corrected chi connectivity index (χ2v) is 5.48. The summed E-state index contributed by atoms with van der Waals surface area (Å²) in [5, 5.41) is 8.49. The van der Waals surface area contributed by atoms with Crippen molar-refractivity contribution in [3.8, 4) is 11.4 Å². The number of rotatable bonds is 5. The van der Waals surface area contributed by atoms with Crippen LogP contribution < -0.4 is 0 Å². The lowest BCUT2D eigenvalue weighted by molar-refractivity contribution is 0.200. The number of methoxy groups -OCH3 is 1. The van der Waals surface area contributed by atoms with Gasteiger partial charge in [-0.3, -0.25) is 0 Å². The molecule has 105 valence electrons. The summed E-state index contributed by atoms with van der Waals surface area (Å²) < 4.78 is 5.07. The maximum absolute atomic E-state index is 5.07. The van der Waals surface area contributed by atoms with E-state index in [1.54, 1.807) is 7.11 Å². The molecule has 1 aromatic heterocycles. The van der Waals surface area contributed by atoms with Gasteiger partial charge in [-0.2, -0.15) is 0 Å². The van der Waals surface area contributed by atoms with Gasteiger partial charge in [-0.05, 0) is 48.9 Å². The van der Waals surface area contributed by atoms with Gasteiger partial charge < -0.3 is 9.72 Å². The van der Waals surface area contributed by atoms with E-state index < -0.39 is 0 Å². The molecule has 1 aliphatic rings. The predicted octanol–water partition coefficient (Wildman–Crippen LogP) is 3.04. The molecule has 1 saturated carbocycles. The molecule has 4 nitrogen and oxygen atoms in total. The highest BCUT2D eigenvalue weighted by atomic mass is 16.5. The van der Waals surface area contributed by atoms with Crippen molar-refractivity contribution in [1.29, 1.82) is 0 Å². The summed E-state index contributed by atoms with van der Waals surface area (Å²) in [5.41, 5.74) is 3.73. The van der Waals surface area contributed by atoms with E-state index in [1.165, 1.54) is 30.4 Å². The van der Waals surface area contributed by atoms with Crippen molar-refractivity contribution in [3.63, 3.8) is 0 Å². The van der Waals surface area contributed by atoms with Crippen molar-refractivity contribution in [3.05, 3.63) is 35.2 Å². The number of H-pyrrole nitrogens is 1. The fourth-order valence-electron chi connectivity index (χ4n) is 2.61. The largest absolute Gasteiger partial charge is 0.384 e. The molecule has 1 aromatic carbocycles. The molecule has 20 heavy (non-hydrogen) atoms. The Balaban J connectivity index is 1.90. The van der Waals surface area contributed by atoms with Crippen LogP contribution in [-0.2, 0) is 11.2 Å². The zero-order valence-electron chi connectivity index (χ0n) is 12.1. The van der Waals surface area contributed by atoms with Crippen LogP contribution in [0.2, 0.25) is 0 Å². The molecule has 3 rings (SSSR count). The zero-order chi connectivity index (χ0) is 13.9. The number of ether oxygens (including phenoxy) is 1. The standard InChI is InChI=1S/C16H20N3O/c1-11-6-7-13(14(10-11)12-4-3-5-12)16-17-15(18-19-16)8-9-20-2/h7,10,12H,3-5,8-9H2,1-2H3,(H,17,18,19). The zero-order valence-corrected chi connectivity index (χ0v) is 12.1. The molecule has 1 N–H and O–H groups in total. The lowest BCUT2D eigenvalue weighted by Gasteiger charge is -2.27. The van der Waals surface area contributed by atoms with Gasteiger partial charge in [-0.1, -0.05) is 12.5 Å². The highest BCUT2D eigenvalue weighted by Gasteiger charge is 2.23. The Labute approximate surface area is 119 Å². The van der Waals surface area contributed by atoms with Gasteiger partial charge in [-0.25, -0.2) is 0 Å². The molecular formula is C16H20N3O. The van der Waals surface area contributed by atoms with E-state index in [0.717, 1.165) is 23.6 Å². The van der Waals surface area contributed by atoms with Crippen LogP contribution in [0.5, 0.6) is 0 Å². The van der Waals surface area contributed by atoms with Gasteiger partial charge in [0.1, 0.15) is 5.82 Å². The van der Waals surface area contributed by atoms with E-state index in [2.05, 4.69) is 34.2 Å². The van der Waals surface area contributed by atoms with E-state index in [9.17, 15) is 0 Å². The lowest BCUT2D eigenvalue weighted by Crippen LogP contribution is -2.10. The summed E-state index contributed by atoms with van der Waals surface area (Å²) >= 11 is 0. The maximum atomic E-state index is 5.07. The fourth-order valence-corrected chi connectivity index (χ4v) is 2.61. The minimum atomic E-state index is 0.657. The smallest absolute Gasteiger partial charge is 0.161 e. The predicted molar refractivity (Wildman–Crippen MR) is 77.6 cm³/mol. The Morgan fingerprint density at radius 3 is 2.95 bits per heavy atom. The highest BCUT2D eigenvalue weighted by Crippen LogP contribution is 2.40. The number of nitrogens with one attached hydrogen (secondary N) is 1. The number of aromatic nitrogens is 3. The molecule has 0 saturated heterocycles. The second kappa shape index (κ2) is 5.75. The van der Waals surface area contributed by atoms with E-state index in [-0.39, 0.29) is 0 Å². The topological polar surface area (TPSA) is 50.8 Å². The van der Waals surface area contributed by atoms with Gasteiger partial charge in [0.25, 0.3) is 0 Å². The van der Waals surface area contributed by atoms with Crippen molar-refractivity contribution < 1.29 is 4.74 Å². The van der Waals surface area contributed by atoms with Crippen LogP contribution in [0.15, 0.2) is 12.1 Å². The molecule has 1 fully saturated rings. The Morgan fingerprint density at radius 2 is 2.25 bits per heavy atom. The third-order valence-corrected chi connectivity index (χ3v) is 4.00. The molecule has 0 spiro atoms. The molecule has 0 bridgehead atoms. The van der Waals surface area contributed by atoms with Gasteiger partial charge in [0.05, 0.1) is 6.61 Å². The quantitative estimate of drug-likeness (QED) is 0.908. The summed E-state index contributed by atoms with van der Waals surface area (Å²) in [6.45, 7) is 2.75. The van der Waals surface area contributed by atoms with Crippen molar-refractivity contribution in [2.24, 2.45) is 0 Å².